The Balaban J connectivity index is 1.74. The van der Waals surface area contributed by atoms with Crippen molar-refractivity contribution >= 4 is 28.4 Å². The van der Waals surface area contributed by atoms with Crippen LogP contribution in [0.15, 0.2) is 53.1 Å². The summed E-state index contributed by atoms with van der Waals surface area (Å²) >= 11 is 0. The van der Waals surface area contributed by atoms with Gasteiger partial charge in [-0.25, -0.2) is 4.98 Å². The van der Waals surface area contributed by atoms with Gasteiger partial charge in [0.25, 0.3) is 0 Å². The van der Waals surface area contributed by atoms with Crippen LogP contribution >= 0.6 is 0 Å². The number of oxazole rings is 1. The molecule has 0 aliphatic carbocycles. The number of amides is 2. The van der Waals surface area contributed by atoms with Crippen LogP contribution in [0.4, 0.5) is 0 Å². The first kappa shape index (κ1) is 24.2. The molecule has 0 saturated heterocycles. The Morgan fingerprint density at radius 1 is 1.03 bits per heavy atom. The molecule has 7 nitrogen and oxygen atoms in total. The van der Waals surface area contributed by atoms with Gasteiger partial charge in [0, 0.05) is 32.5 Å². The largest absolute Gasteiger partial charge is 0.438 e. The molecule has 0 fully saturated rings. The monoisotopic (exact) mass is 449 g/mol. The molecule has 0 unspecified atom stereocenters. The highest BCUT2D eigenvalue weighted by Crippen LogP contribution is 2.28. The molecule has 2 amide bonds. The Labute approximate surface area is 194 Å². The van der Waals surface area contributed by atoms with Crippen LogP contribution < -0.4 is 5.32 Å². The summed E-state index contributed by atoms with van der Waals surface area (Å²) in [5.74, 6) is -0.110. The molecule has 1 atom stereocenters. The van der Waals surface area contributed by atoms with E-state index < -0.39 is 17.9 Å². The van der Waals surface area contributed by atoms with Crippen molar-refractivity contribution in [3.05, 3.63) is 54.6 Å². The maximum absolute atomic E-state index is 12.4. The Kier molecular flexibility index (Phi) is 8.35. The van der Waals surface area contributed by atoms with Gasteiger partial charge in [-0.1, -0.05) is 56.2 Å². The normalized spacial score (nSPS) is 11.8. The number of Topliss-reactive ketones (excluding diaryl/α,β-unsaturated/α-hetero) is 1. The van der Waals surface area contributed by atoms with Crippen LogP contribution in [0.1, 0.15) is 57.4 Å². The topological polar surface area (TPSA) is 92.5 Å². The number of hydrogen-bond donors (Lipinski definition) is 1. The Hall–Kier alpha value is -3.48. The van der Waals surface area contributed by atoms with Gasteiger partial charge in [0.15, 0.2) is 5.76 Å². The number of nitrogens with one attached hydrogen (secondary N) is 1. The number of benzene rings is 2. The fourth-order valence-corrected chi connectivity index (χ4v) is 3.63. The molecule has 3 aromatic rings. The summed E-state index contributed by atoms with van der Waals surface area (Å²) in [5.41, 5.74) is 0.889. The van der Waals surface area contributed by atoms with Gasteiger partial charge in [-0.3, -0.25) is 14.4 Å². The van der Waals surface area contributed by atoms with E-state index in [4.69, 9.17) is 4.42 Å². The smallest absolute Gasteiger partial charge is 0.311 e. The second-order valence-electron chi connectivity index (χ2n) is 8.34. The number of unbranched alkanes of at least 4 members (excludes halogenated alkanes) is 2. The number of rotatable bonds is 10. The summed E-state index contributed by atoms with van der Waals surface area (Å²) in [6.07, 6.45) is 5.75. The first-order valence-electron chi connectivity index (χ1n) is 11.4. The van der Waals surface area contributed by atoms with Gasteiger partial charge in [-0.05, 0) is 29.7 Å². The van der Waals surface area contributed by atoms with E-state index in [1.807, 2.05) is 49.4 Å². The number of aromatic nitrogens is 1. The molecule has 0 spiro atoms. The summed E-state index contributed by atoms with van der Waals surface area (Å²) in [6, 6.07) is 13.6. The molecule has 0 saturated carbocycles. The minimum absolute atomic E-state index is 0.254. The Morgan fingerprint density at radius 3 is 2.52 bits per heavy atom. The molecule has 7 heteroatoms. The van der Waals surface area contributed by atoms with Gasteiger partial charge < -0.3 is 14.6 Å². The lowest BCUT2D eigenvalue weighted by Crippen LogP contribution is -2.41. The maximum atomic E-state index is 12.4. The van der Waals surface area contributed by atoms with Crippen molar-refractivity contribution in [1.82, 2.24) is 15.2 Å². The van der Waals surface area contributed by atoms with Gasteiger partial charge in [-0.2, -0.15) is 0 Å². The molecule has 2 aromatic carbocycles. The summed E-state index contributed by atoms with van der Waals surface area (Å²) in [4.78, 5) is 41.6. The van der Waals surface area contributed by atoms with Crippen LogP contribution in [-0.4, -0.2) is 41.6 Å². The summed E-state index contributed by atoms with van der Waals surface area (Å²) in [5, 5.41) is 4.99. The highest BCUT2D eigenvalue weighted by Gasteiger charge is 2.24. The average molecular weight is 450 g/mol. The molecule has 0 bridgehead atoms. The highest BCUT2D eigenvalue weighted by atomic mass is 16.4. The molecular weight excluding hydrogens is 418 g/mol. The lowest BCUT2D eigenvalue weighted by atomic mass is 10.0. The number of carbonyl (C=O) groups excluding carboxylic acids is 3. The summed E-state index contributed by atoms with van der Waals surface area (Å²) in [7, 11) is 3.06. The van der Waals surface area contributed by atoms with Crippen LogP contribution in [0.3, 0.4) is 0 Å². The minimum atomic E-state index is -0.698. The maximum Gasteiger partial charge on any atom is 0.311 e. The zero-order valence-electron chi connectivity index (χ0n) is 19.5. The quantitative estimate of drug-likeness (QED) is 0.359. The van der Waals surface area contributed by atoms with Crippen molar-refractivity contribution < 1.29 is 18.8 Å². The predicted octanol–water partition coefficient (Wildman–Crippen LogP) is 4.67. The molecule has 1 aromatic heterocycles. The molecular formula is C26H31N3O4. The molecule has 3 rings (SSSR count). The molecule has 1 N–H and O–H groups in total. The van der Waals surface area contributed by atoms with E-state index in [-0.39, 0.29) is 5.78 Å². The standard InChI is InChI=1S/C26H31N3O4/c1-4-21(30)12-6-5-7-13-22(28-24(31)26(32)29(2)3)25-27-17-23(33-25)20-15-14-18-10-8-9-11-19(18)16-20/h8-11,14-17,22H,4-7,12-13H2,1-3H3,(H,28,31)/t22-/m0/s1. The van der Waals surface area contributed by atoms with Crippen LogP contribution in [0.5, 0.6) is 0 Å². The molecule has 174 valence electrons. The Morgan fingerprint density at radius 2 is 1.79 bits per heavy atom. The van der Waals surface area contributed by atoms with E-state index >= 15 is 0 Å². The second kappa shape index (κ2) is 11.4. The average Bonchev–Trinajstić information content (AvgIpc) is 3.32. The lowest BCUT2D eigenvalue weighted by Gasteiger charge is -2.17. The van der Waals surface area contributed by atoms with Crippen molar-refractivity contribution in [2.75, 3.05) is 14.1 Å². The third kappa shape index (κ3) is 6.51. The van der Waals surface area contributed by atoms with E-state index in [1.54, 1.807) is 6.20 Å². The third-order valence-corrected chi connectivity index (χ3v) is 5.60. The van der Waals surface area contributed by atoms with Gasteiger partial charge in [-0.15, -0.1) is 0 Å². The zero-order valence-corrected chi connectivity index (χ0v) is 19.5. The number of hydrogen-bond acceptors (Lipinski definition) is 5. The minimum Gasteiger partial charge on any atom is -0.438 e. The van der Waals surface area contributed by atoms with Gasteiger partial charge >= 0.3 is 11.8 Å². The number of carbonyl (C=O) groups is 3. The van der Waals surface area contributed by atoms with E-state index in [1.165, 1.54) is 19.0 Å². The summed E-state index contributed by atoms with van der Waals surface area (Å²) < 4.78 is 6.03. The molecule has 0 radical (unpaired) electrons. The number of nitrogens with zero attached hydrogens (tertiary/aromatic N) is 2. The van der Waals surface area contributed by atoms with Crippen LogP contribution in [0.2, 0.25) is 0 Å². The molecule has 0 aliphatic heterocycles. The van der Waals surface area contributed by atoms with Crippen LogP contribution in [0, 0.1) is 0 Å². The number of ketones is 1. The second-order valence-corrected chi connectivity index (χ2v) is 8.34. The van der Waals surface area contributed by atoms with E-state index in [0.29, 0.717) is 30.9 Å². The van der Waals surface area contributed by atoms with Crippen molar-refractivity contribution in [3.63, 3.8) is 0 Å². The first-order chi connectivity index (χ1) is 15.9. The lowest BCUT2D eigenvalue weighted by molar-refractivity contribution is -0.144. The van der Waals surface area contributed by atoms with E-state index in [2.05, 4.69) is 10.3 Å². The number of likely N-dealkylation sites (N-methyl/N-ethyl adjacent to an activating group) is 1. The van der Waals surface area contributed by atoms with Crippen LogP contribution in [0.25, 0.3) is 22.1 Å². The van der Waals surface area contributed by atoms with E-state index in [9.17, 15) is 14.4 Å². The summed E-state index contributed by atoms with van der Waals surface area (Å²) in [6.45, 7) is 1.87. The zero-order chi connectivity index (χ0) is 23.8. The van der Waals surface area contributed by atoms with Crippen molar-refractivity contribution in [2.45, 2.75) is 51.5 Å². The molecule has 0 aliphatic rings. The first-order valence-corrected chi connectivity index (χ1v) is 11.4. The van der Waals surface area contributed by atoms with Crippen molar-refractivity contribution in [1.29, 1.82) is 0 Å². The highest BCUT2D eigenvalue weighted by molar-refractivity contribution is 6.34. The van der Waals surface area contributed by atoms with E-state index in [0.717, 1.165) is 35.6 Å². The van der Waals surface area contributed by atoms with Crippen molar-refractivity contribution in [2.24, 2.45) is 0 Å². The Bertz CT molecular complexity index is 1120. The SMILES string of the molecule is CCC(=O)CCCCC[C@H](NC(=O)C(=O)N(C)C)c1ncc(-c2ccc3ccccc3c2)o1. The third-order valence-electron chi connectivity index (χ3n) is 5.60. The van der Waals surface area contributed by atoms with Gasteiger partial charge in [0.2, 0.25) is 5.89 Å². The molecule has 33 heavy (non-hydrogen) atoms. The van der Waals surface area contributed by atoms with Crippen LogP contribution in [-0.2, 0) is 14.4 Å². The van der Waals surface area contributed by atoms with Gasteiger partial charge in [0.1, 0.15) is 11.8 Å². The van der Waals surface area contributed by atoms with Gasteiger partial charge in [0.05, 0.1) is 6.20 Å². The fraction of sp³-hybridized carbons (Fsp3) is 0.385. The molecule has 1 heterocycles. The van der Waals surface area contributed by atoms with Crippen molar-refractivity contribution in [3.8, 4) is 11.3 Å². The number of fused-ring (bicyclic) bond motifs is 1. The predicted molar refractivity (Wildman–Crippen MR) is 127 cm³/mol. The fourth-order valence-electron chi connectivity index (χ4n) is 3.63.